The fraction of sp³-hybridized carbons (Fsp3) is 0.200. The maximum Gasteiger partial charge on any atom is 0.355 e. The van der Waals surface area contributed by atoms with E-state index in [4.69, 9.17) is 4.74 Å². The number of benzene rings is 1. The number of nitrogens with one attached hydrogen (secondary N) is 2. The van der Waals surface area contributed by atoms with Crippen LogP contribution >= 0.6 is 15.9 Å². The Morgan fingerprint density at radius 2 is 2.10 bits per heavy atom. The molecule has 6 heteroatoms. The van der Waals surface area contributed by atoms with E-state index in [-0.39, 0.29) is 12.5 Å². The molecule has 0 aliphatic heterocycles. The maximum absolute atomic E-state index is 11.8. The molecule has 0 saturated carbocycles. The number of carbonyl (C=O) groups excluding carboxylic acids is 2. The van der Waals surface area contributed by atoms with E-state index in [0.29, 0.717) is 5.69 Å². The van der Waals surface area contributed by atoms with Gasteiger partial charge in [0.05, 0.1) is 0 Å². The van der Waals surface area contributed by atoms with Crippen molar-refractivity contribution in [3.63, 3.8) is 0 Å². The first-order chi connectivity index (χ1) is 10.1. The van der Waals surface area contributed by atoms with Crippen molar-refractivity contribution in [2.24, 2.45) is 0 Å². The van der Waals surface area contributed by atoms with E-state index in [2.05, 4.69) is 26.2 Å². The molecule has 2 N–H and O–H groups in total. The fourth-order valence-corrected chi connectivity index (χ4v) is 2.17. The van der Waals surface area contributed by atoms with Gasteiger partial charge in [0.25, 0.3) is 5.91 Å². The molecule has 0 aliphatic rings. The average Bonchev–Trinajstić information content (AvgIpc) is 2.92. The Balaban J connectivity index is 1.89. The summed E-state index contributed by atoms with van der Waals surface area (Å²) in [6.45, 7) is 1.68. The van der Waals surface area contributed by atoms with Crippen LogP contribution in [0.3, 0.4) is 0 Å². The second-order valence-corrected chi connectivity index (χ2v) is 5.28. The lowest BCUT2D eigenvalue weighted by atomic mass is 10.1. The molecule has 1 heterocycles. The molecular formula is C15H15BrN2O3. The van der Waals surface area contributed by atoms with Gasteiger partial charge in [0.2, 0.25) is 0 Å². The third-order valence-electron chi connectivity index (χ3n) is 2.87. The van der Waals surface area contributed by atoms with Crippen molar-refractivity contribution in [2.75, 3.05) is 11.9 Å². The molecule has 0 unspecified atom stereocenters. The molecule has 2 aromatic rings. The number of anilines is 1. The minimum absolute atomic E-state index is 0.295. The Bertz CT molecular complexity index is 652. The molecule has 0 bridgehead atoms. The molecule has 0 radical (unpaired) electrons. The van der Waals surface area contributed by atoms with Crippen molar-refractivity contribution in [3.05, 3.63) is 52.3 Å². The molecule has 0 aliphatic carbocycles. The molecule has 110 valence electrons. The van der Waals surface area contributed by atoms with Gasteiger partial charge < -0.3 is 15.0 Å². The summed E-state index contributed by atoms with van der Waals surface area (Å²) >= 11 is 3.22. The van der Waals surface area contributed by atoms with E-state index < -0.39 is 5.97 Å². The van der Waals surface area contributed by atoms with E-state index in [9.17, 15) is 9.59 Å². The van der Waals surface area contributed by atoms with Gasteiger partial charge in [-0.2, -0.15) is 0 Å². The number of para-hydroxylation sites is 1. The zero-order valence-corrected chi connectivity index (χ0v) is 13.1. The predicted octanol–water partition coefficient (Wildman–Crippen LogP) is 3.14. The Hall–Kier alpha value is -2.08. The van der Waals surface area contributed by atoms with E-state index >= 15 is 0 Å². The largest absolute Gasteiger partial charge is 0.451 e. The number of rotatable bonds is 5. The van der Waals surface area contributed by atoms with Gasteiger partial charge in [-0.05, 0) is 40.0 Å². The molecule has 2 rings (SSSR count). The summed E-state index contributed by atoms with van der Waals surface area (Å²) in [4.78, 5) is 26.2. The first-order valence-corrected chi connectivity index (χ1v) is 7.28. The molecule has 5 nitrogen and oxygen atoms in total. The van der Waals surface area contributed by atoms with Crippen LogP contribution in [0.1, 0.15) is 23.0 Å². The molecule has 0 saturated heterocycles. The highest BCUT2D eigenvalue weighted by Crippen LogP contribution is 2.15. The molecule has 1 amide bonds. The smallest absolute Gasteiger partial charge is 0.355 e. The third kappa shape index (κ3) is 4.19. The predicted molar refractivity (Wildman–Crippen MR) is 83.2 cm³/mol. The monoisotopic (exact) mass is 350 g/mol. The molecule has 1 aromatic heterocycles. The summed E-state index contributed by atoms with van der Waals surface area (Å²) in [5, 5.41) is 2.74. The first kappa shape index (κ1) is 15.3. The molecule has 21 heavy (non-hydrogen) atoms. The van der Waals surface area contributed by atoms with Crippen LogP contribution < -0.4 is 5.32 Å². The van der Waals surface area contributed by atoms with Crippen molar-refractivity contribution in [1.29, 1.82) is 0 Å². The molecule has 1 aromatic carbocycles. The highest BCUT2D eigenvalue weighted by Gasteiger charge is 2.12. The van der Waals surface area contributed by atoms with Crippen molar-refractivity contribution in [2.45, 2.75) is 13.3 Å². The van der Waals surface area contributed by atoms with Gasteiger partial charge in [-0.25, -0.2) is 4.79 Å². The number of hydrogen-bond donors (Lipinski definition) is 2. The van der Waals surface area contributed by atoms with Crippen molar-refractivity contribution in [3.8, 4) is 0 Å². The second kappa shape index (κ2) is 7.08. The average molecular weight is 351 g/mol. The van der Waals surface area contributed by atoms with Crippen molar-refractivity contribution >= 4 is 33.5 Å². The first-order valence-electron chi connectivity index (χ1n) is 6.49. The standard InChI is InChI=1S/C15H15BrN2O3/c1-2-10-5-3-4-6-12(10)18-14(19)9-21-15(20)13-7-11(16)8-17-13/h3-8,17H,2,9H2,1H3,(H,18,19). The van der Waals surface area contributed by atoms with E-state index in [1.165, 1.54) is 0 Å². The maximum atomic E-state index is 11.8. The Kier molecular flexibility index (Phi) is 5.16. The minimum Gasteiger partial charge on any atom is -0.451 e. The lowest BCUT2D eigenvalue weighted by Crippen LogP contribution is -2.21. The van der Waals surface area contributed by atoms with E-state index in [1.807, 2.05) is 31.2 Å². The highest BCUT2D eigenvalue weighted by atomic mass is 79.9. The van der Waals surface area contributed by atoms with Crippen LogP contribution in [0, 0.1) is 0 Å². The summed E-state index contributed by atoms with van der Waals surface area (Å²) in [7, 11) is 0. The zero-order chi connectivity index (χ0) is 15.2. The Labute approximate surface area is 130 Å². The van der Waals surface area contributed by atoms with Crippen molar-refractivity contribution in [1.82, 2.24) is 4.98 Å². The second-order valence-electron chi connectivity index (χ2n) is 4.37. The van der Waals surface area contributed by atoms with Crippen LogP contribution in [-0.4, -0.2) is 23.5 Å². The van der Waals surface area contributed by atoms with Gasteiger partial charge in [-0.3, -0.25) is 4.79 Å². The van der Waals surface area contributed by atoms with Gasteiger partial charge >= 0.3 is 5.97 Å². The van der Waals surface area contributed by atoms with E-state index in [1.54, 1.807) is 12.3 Å². The molecular weight excluding hydrogens is 336 g/mol. The Morgan fingerprint density at radius 1 is 1.33 bits per heavy atom. The number of ether oxygens (including phenoxy) is 1. The van der Waals surface area contributed by atoms with Crippen LogP contribution in [0.2, 0.25) is 0 Å². The quantitative estimate of drug-likeness (QED) is 0.813. The van der Waals surface area contributed by atoms with Gasteiger partial charge in [0, 0.05) is 16.4 Å². The van der Waals surface area contributed by atoms with Gasteiger partial charge in [0.15, 0.2) is 6.61 Å². The number of aromatic nitrogens is 1. The molecule has 0 fully saturated rings. The van der Waals surface area contributed by atoms with Crippen LogP contribution in [0.5, 0.6) is 0 Å². The number of aryl methyl sites for hydroxylation is 1. The molecule has 0 atom stereocenters. The minimum atomic E-state index is -0.570. The van der Waals surface area contributed by atoms with Gasteiger partial charge in [-0.15, -0.1) is 0 Å². The number of carbonyl (C=O) groups is 2. The third-order valence-corrected chi connectivity index (χ3v) is 3.33. The number of hydrogen-bond acceptors (Lipinski definition) is 3. The summed E-state index contributed by atoms with van der Waals surface area (Å²) in [6.07, 6.45) is 2.43. The van der Waals surface area contributed by atoms with Gasteiger partial charge in [0.1, 0.15) is 5.69 Å². The van der Waals surface area contributed by atoms with Gasteiger partial charge in [-0.1, -0.05) is 25.1 Å². The topological polar surface area (TPSA) is 71.2 Å². The highest BCUT2D eigenvalue weighted by molar-refractivity contribution is 9.10. The summed E-state index contributed by atoms with van der Waals surface area (Å²) in [5.74, 6) is -0.936. The van der Waals surface area contributed by atoms with Crippen LogP contribution in [0.4, 0.5) is 5.69 Å². The number of esters is 1. The lowest BCUT2D eigenvalue weighted by Gasteiger charge is -2.09. The number of aromatic amines is 1. The number of H-pyrrole nitrogens is 1. The van der Waals surface area contributed by atoms with Crippen LogP contribution in [0.25, 0.3) is 0 Å². The fourth-order valence-electron chi connectivity index (χ4n) is 1.83. The summed E-state index contributed by atoms with van der Waals surface area (Å²) in [6, 6.07) is 9.11. The zero-order valence-electron chi connectivity index (χ0n) is 11.5. The normalized spacial score (nSPS) is 10.2. The summed E-state index contributed by atoms with van der Waals surface area (Å²) in [5.41, 5.74) is 2.07. The lowest BCUT2D eigenvalue weighted by molar-refractivity contribution is -0.119. The number of amides is 1. The summed E-state index contributed by atoms with van der Waals surface area (Å²) < 4.78 is 5.69. The van der Waals surface area contributed by atoms with Crippen LogP contribution in [-0.2, 0) is 16.0 Å². The molecule has 0 spiro atoms. The Morgan fingerprint density at radius 3 is 2.76 bits per heavy atom. The SMILES string of the molecule is CCc1ccccc1NC(=O)COC(=O)c1cc(Br)c[nH]1. The number of halogens is 1. The van der Waals surface area contributed by atoms with E-state index in [0.717, 1.165) is 22.1 Å². The van der Waals surface area contributed by atoms with Crippen molar-refractivity contribution < 1.29 is 14.3 Å². The van der Waals surface area contributed by atoms with Crippen LogP contribution in [0.15, 0.2) is 41.0 Å².